The van der Waals surface area contributed by atoms with Crippen molar-refractivity contribution in [3.8, 4) is 5.75 Å². The summed E-state index contributed by atoms with van der Waals surface area (Å²) in [5.41, 5.74) is 1.15. The number of hydrogen-bond acceptors (Lipinski definition) is 1. The van der Waals surface area contributed by atoms with E-state index < -0.39 is 8.32 Å². The van der Waals surface area contributed by atoms with Crippen LogP contribution in [0, 0.1) is 0 Å². The Hall–Kier alpha value is -3.36. The zero-order chi connectivity index (χ0) is 19.9. The van der Waals surface area contributed by atoms with Crippen molar-refractivity contribution in [2.24, 2.45) is 0 Å². The monoisotopic (exact) mass is 392 g/mol. The fourth-order valence-electron chi connectivity index (χ4n) is 3.79. The van der Waals surface area contributed by atoms with E-state index in [9.17, 15) is 0 Å². The Labute approximate surface area is 174 Å². The predicted molar refractivity (Wildman–Crippen MR) is 125 cm³/mol. The van der Waals surface area contributed by atoms with Crippen LogP contribution in [0.5, 0.6) is 5.75 Å². The van der Waals surface area contributed by atoms with Gasteiger partial charge in [-0.3, -0.25) is 0 Å². The summed E-state index contributed by atoms with van der Waals surface area (Å²) in [6.45, 7) is 3.92. The lowest BCUT2D eigenvalue weighted by Gasteiger charge is -2.34. The summed E-state index contributed by atoms with van der Waals surface area (Å²) in [4.78, 5) is 0. The molecule has 0 heterocycles. The van der Waals surface area contributed by atoms with Crippen LogP contribution >= 0.6 is 0 Å². The topological polar surface area (TPSA) is 9.23 Å². The van der Waals surface area contributed by atoms with Crippen LogP contribution in [0.4, 0.5) is 0 Å². The van der Waals surface area contributed by atoms with Gasteiger partial charge in [-0.15, -0.1) is 6.58 Å². The molecule has 0 unspecified atom stereocenters. The van der Waals surface area contributed by atoms with E-state index in [0.29, 0.717) is 0 Å². The third-order valence-corrected chi connectivity index (χ3v) is 9.11. The molecule has 2 heteroatoms. The van der Waals surface area contributed by atoms with Gasteiger partial charge >= 0.3 is 8.32 Å². The molecule has 0 N–H and O–H groups in total. The average Bonchev–Trinajstić information content (AvgIpc) is 2.80. The number of para-hydroxylation sites is 1. The van der Waals surface area contributed by atoms with E-state index in [1.54, 1.807) is 0 Å². The van der Waals surface area contributed by atoms with Crippen molar-refractivity contribution in [1.82, 2.24) is 0 Å². The zero-order valence-corrected chi connectivity index (χ0v) is 17.4. The lowest BCUT2D eigenvalue weighted by atomic mass is 10.1. The molecule has 4 aromatic rings. The van der Waals surface area contributed by atoms with Gasteiger partial charge < -0.3 is 4.43 Å². The second kappa shape index (κ2) is 8.76. The van der Waals surface area contributed by atoms with Gasteiger partial charge in [0.15, 0.2) is 0 Å². The number of rotatable bonds is 7. The van der Waals surface area contributed by atoms with Crippen molar-refractivity contribution < 1.29 is 4.43 Å². The third-order valence-electron chi connectivity index (χ3n) is 5.14. The summed E-state index contributed by atoms with van der Waals surface area (Å²) in [7, 11) is -2.76. The van der Waals surface area contributed by atoms with Crippen LogP contribution in [0.25, 0.3) is 0 Å². The molecular weight excluding hydrogens is 368 g/mol. The Morgan fingerprint density at radius 1 is 0.586 bits per heavy atom. The standard InChI is InChI=1S/C27H24OSi/c1-2-14-23-15-12-13-22-27(23)28-29(24-16-6-3-7-17-24,25-18-8-4-9-19-25)26-20-10-5-11-21-26/h2-13,15-22H,1,14H2. The number of benzene rings is 4. The Balaban J connectivity index is 2.00. The van der Waals surface area contributed by atoms with E-state index >= 15 is 0 Å². The lowest BCUT2D eigenvalue weighted by Crippen LogP contribution is -2.71. The van der Waals surface area contributed by atoms with Gasteiger partial charge in [-0.05, 0) is 33.6 Å². The van der Waals surface area contributed by atoms with Crippen LogP contribution in [-0.4, -0.2) is 8.32 Å². The number of allylic oxidation sites excluding steroid dienone is 1. The fourth-order valence-corrected chi connectivity index (χ4v) is 7.66. The minimum Gasteiger partial charge on any atom is -0.530 e. The molecule has 0 amide bonds. The Kier molecular flexibility index (Phi) is 5.73. The van der Waals surface area contributed by atoms with Crippen molar-refractivity contribution in [2.45, 2.75) is 6.42 Å². The molecule has 0 saturated heterocycles. The Morgan fingerprint density at radius 2 is 1.00 bits per heavy atom. The van der Waals surface area contributed by atoms with Crippen molar-refractivity contribution in [3.05, 3.63) is 133 Å². The van der Waals surface area contributed by atoms with E-state index in [1.165, 1.54) is 15.6 Å². The van der Waals surface area contributed by atoms with Crippen molar-refractivity contribution >= 4 is 23.9 Å². The van der Waals surface area contributed by atoms with Gasteiger partial charge in [0.25, 0.3) is 0 Å². The summed E-state index contributed by atoms with van der Waals surface area (Å²) in [5, 5.41) is 3.68. The second-order valence-corrected chi connectivity index (χ2v) is 10.3. The quantitative estimate of drug-likeness (QED) is 0.256. The van der Waals surface area contributed by atoms with Gasteiger partial charge in [0.05, 0.1) is 0 Å². The van der Waals surface area contributed by atoms with Crippen molar-refractivity contribution in [2.75, 3.05) is 0 Å². The third kappa shape index (κ3) is 3.80. The molecule has 0 aliphatic carbocycles. The maximum atomic E-state index is 7.14. The van der Waals surface area contributed by atoms with Gasteiger partial charge in [0, 0.05) is 0 Å². The number of hydrogen-bond donors (Lipinski definition) is 0. The van der Waals surface area contributed by atoms with E-state index in [2.05, 4.69) is 116 Å². The summed E-state index contributed by atoms with van der Waals surface area (Å²) >= 11 is 0. The van der Waals surface area contributed by atoms with Gasteiger partial charge in [0.2, 0.25) is 0 Å². The first-order valence-corrected chi connectivity index (χ1v) is 11.8. The highest BCUT2D eigenvalue weighted by Crippen LogP contribution is 2.23. The summed E-state index contributed by atoms with van der Waals surface area (Å²) in [5.74, 6) is 0.927. The van der Waals surface area contributed by atoms with Gasteiger partial charge in [-0.1, -0.05) is 115 Å². The molecule has 0 atom stereocenters. The molecule has 0 radical (unpaired) electrons. The smallest absolute Gasteiger partial charge is 0.346 e. The maximum Gasteiger partial charge on any atom is 0.346 e. The average molecular weight is 393 g/mol. The highest BCUT2D eigenvalue weighted by atomic mass is 28.4. The highest BCUT2D eigenvalue weighted by molar-refractivity contribution is 7.07. The van der Waals surface area contributed by atoms with E-state index in [4.69, 9.17) is 4.43 Å². The van der Waals surface area contributed by atoms with Crippen molar-refractivity contribution in [3.63, 3.8) is 0 Å². The fraction of sp³-hybridized carbons (Fsp3) is 0.0370. The molecule has 0 fully saturated rings. The van der Waals surface area contributed by atoms with Crippen LogP contribution in [0.3, 0.4) is 0 Å². The van der Waals surface area contributed by atoms with Crippen LogP contribution in [-0.2, 0) is 6.42 Å². The summed E-state index contributed by atoms with van der Waals surface area (Å²) in [6.07, 6.45) is 2.71. The van der Waals surface area contributed by atoms with Crippen LogP contribution < -0.4 is 20.0 Å². The minimum absolute atomic E-state index is 0.777. The molecule has 0 aromatic heterocycles. The molecule has 4 rings (SSSR count). The van der Waals surface area contributed by atoms with E-state index in [1.807, 2.05) is 12.1 Å². The minimum atomic E-state index is -2.76. The normalized spacial score (nSPS) is 11.0. The summed E-state index contributed by atoms with van der Waals surface area (Å²) < 4.78 is 7.14. The van der Waals surface area contributed by atoms with Gasteiger partial charge in [-0.25, -0.2) is 0 Å². The van der Waals surface area contributed by atoms with Crippen LogP contribution in [0.15, 0.2) is 128 Å². The molecule has 142 valence electrons. The Bertz CT molecular complexity index is 963. The predicted octanol–water partition coefficient (Wildman–Crippen LogP) is 4.46. The summed E-state index contributed by atoms with van der Waals surface area (Å²) in [6, 6.07) is 40.3. The molecule has 0 aliphatic rings. The molecule has 0 bridgehead atoms. The molecular formula is C27H24OSi. The molecule has 29 heavy (non-hydrogen) atoms. The zero-order valence-electron chi connectivity index (χ0n) is 16.4. The molecule has 4 aromatic carbocycles. The first-order valence-electron chi connectivity index (χ1n) is 9.89. The van der Waals surface area contributed by atoms with Gasteiger partial charge in [-0.2, -0.15) is 0 Å². The second-order valence-electron chi connectivity index (χ2n) is 6.98. The lowest BCUT2D eigenvalue weighted by molar-refractivity contribution is 0.570. The van der Waals surface area contributed by atoms with E-state index in [-0.39, 0.29) is 0 Å². The first kappa shape index (κ1) is 19.0. The molecule has 0 saturated carbocycles. The SMILES string of the molecule is C=CCc1ccccc1O[Si](c1ccccc1)(c1ccccc1)c1ccccc1. The van der Waals surface area contributed by atoms with Gasteiger partial charge in [0.1, 0.15) is 5.75 Å². The maximum absolute atomic E-state index is 7.14. The van der Waals surface area contributed by atoms with Crippen LogP contribution in [0.2, 0.25) is 0 Å². The van der Waals surface area contributed by atoms with Crippen LogP contribution in [0.1, 0.15) is 5.56 Å². The largest absolute Gasteiger partial charge is 0.530 e. The van der Waals surface area contributed by atoms with E-state index in [0.717, 1.165) is 17.7 Å². The molecule has 0 aliphatic heterocycles. The van der Waals surface area contributed by atoms with Crippen molar-refractivity contribution in [1.29, 1.82) is 0 Å². The molecule has 0 spiro atoms. The molecule has 1 nitrogen and oxygen atoms in total. The highest BCUT2D eigenvalue weighted by Gasteiger charge is 2.44. The Morgan fingerprint density at radius 3 is 1.45 bits per heavy atom. The first-order chi connectivity index (χ1) is 14.3.